The van der Waals surface area contributed by atoms with Crippen molar-refractivity contribution in [2.45, 2.75) is 33.2 Å². The Balaban J connectivity index is 2.29. The van der Waals surface area contributed by atoms with Gasteiger partial charge in [0.1, 0.15) is 0 Å². The number of benzene rings is 3. The first-order chi connectivity index (χ1) is 13.2. The number of carbonyl (C=O) groups is 1. The van der Waals surface area contributed by atoms with Crippen molar-refractivity contribution in [3.63, 3.8) is 0 Å². The van der Waals surface area contributed by atoms with E-state index in [9.17, 15) is 9.36 Å². The van der Waals surface area contributed by atoms with Crippen LogP contribution in [-0.2, 0) is 4.57 Å². The lowest BCUT2D eigenvalue weighted by molar-refractivity contribution is 0.0920. The highest BCUT2D eigenvalue weighted by atomic mass is 31.2. The molecule has 0 saturated carbocycles. The maximum atomic E-state index is 14.7. The third-order valence-electron chi connectivity index (χ3n) is 4.47. The second-order valence-electron chi connectivity index (χ2n) is 8.01. The van der Waals surface area contributed by atoms with Gasteiger partial charge in [0.25, 0.3) is 5.91 Å². The Hall–Kier alpha value is -2.64. The van der Waals surface area contributed by atoms with Crippen LogP contribution >= 0.6 is 7.14 Å². The van der Waals surface area contributed by atoms with Crippen molar-refractivity contribution >= 4 is 29.0 Å². The molecule has 4 heteroatoms. The summed E-state index contributed by atoms with van der Waals surface area (Å²) in [7, 11) is -3.22. The standard InChI is InChI=1S/C24H26NO2P/c1-18-15-16-21(23(26)25-24(2,3)4)22(17-18)28(27,19-11-7-5-8-12-19)20-13-9-6-10-14-20/h5-17H,1-4H3,(H,25,26). The van der Waals surface area contributed by atoms with E-state index < -0.39 is 7.14 Å². The Bertz CT molecular complexity index is 978. The Labute approximate surface area is 167 Å². The van der Waals surface area contributed by atoms with Crippen molar-refractivity contribution < 1.29 is 9.36 Å². The molecule has 0 atom stereocenters. The summed E-state index contributed by atoms with van der Waals surface area (Å²) in [6.45, 7) is 7.77. The predicted octanol–water partition coefficient (Wildman–Crippen LogP) is 4.16. The molecule has 1 amide bonds. The summed E-state index contributed by atoms with van der Waals surface area (Å²) in [6, 6.07) is 24.4. The highest BCUT2D eigenvalue weighted by molar-refractivity contribution is 7.85. The molecule has 28 heavy (non-hydrogen) atoms. The summed E-state index contributed by atoms with van der Waals surface area (Å²) in [4.78, 5) is 13.1. The van der Waals surface area contributed by atoms with E-state index in [4.69, 9.17) is 0 Å². The van der Waals surface area contributed by atoms with E-state index in [0.29, 0.717) is 10.9 Å². The zero-order valence-electron chi connectivity index (χ0n) is 16.8. The summed E-state index contributed by atoms with van der Waals surface area (Å²) in [5.41, 5.74) is 1.04. The number of rotatable bonds is 4. The van der Waals surface area contributed by atoms with E-state index in [-0.39, 0.29) is 11.4 Å². The van der Waals surface area contributed by atoms with Gasteiger partial charge in [-0.15, -0.1) is 0 Å². The molecule has 3 nitrogen and oxygen atoms in total. The van der Waals surface area contributed by atoms with Crippen LogP contribution in [0, 0.1) is 6.92 Å². The summed E-state index contributed by atoms with van der Waals surface area (Å²) in [5, 5.41) is 5.02. The van der Waals surface area contributed by atoms with Crippen LogP contribution in [0.1, 0.15) is 36.7 Å². The lowest BCUT2D eigenvalue weighted by Crippen LogP contribution is -2.43. The molecule has 144 valence electrons. The van der Waals surface area contributed by atoms with Gasteiger partial charge in [0.05, 0.1) is 5.56 Å². The molecule has 0 aromatic heterocycles. The van der Waals surface area contributed by atoms with Gasteiger partial charge in [-0.1, -0.05) is 72.3 Å². The van der Waals surface area contributed by atoms with Crippen molar-refractivity contribution in [2.75, 3.05) is 0 Å². The SMILES string of the molecule is Cc1ccc(C(=O)NC(C)(C)C)c(P(=O)(c2ccccc2)c2ccccc2)c1. The van der Waals surface area contributed by atoms with E-state index in [2.05, 4.69) is 5.32 Å². The van der Waals surface area contributed by atoms with Gasteiger partial charge in [-0.3, -0.25) is 4.79 Å². The third-order valence-corrected chi connectivity index (χ3v) is 7.56. The van der Waals surface area contributed by atoms with Crippen LogP contribution in [0.2, 0.25) is 0 Å². The first-order valence-corrected chi connectivity index (χ1v) is 11.1. The molecule has 0 unspecified atom stereocenters. The van der Waals surface area contributed by atoms with E-state index in [1.807, 2.05) is 100 Å². The normalized spacial score (nSPS) is 11.9. The van der Waals surface area contributed by atoms with E-state index in [1.54, 1.807) is 6.07 Å². The number of carbonyl (C=O) groups excluding carboxylic acids is 1. The third kappa shape index (κ3) is 4.10. The maximum Gasteiger partial charge on any atom is 0.252 e. The first kappa shape index (κ1) is 20.1. The largest absolute Gasteiger partial charge is 0.347 e. The molecule has 0 spiro atoms. The molecule has 3 aromatic carbocycles. The summed E-state index contributed by atoms with van der Waals surface area (Å²) < 4.78 is 14.7. The quantitative estimate of drug-likeness (QED) is 0.679. The predicted molar refractivity (Wildman–Crippen MR) is 118 cm³/mol. The minimum Gasteiger partial charge on any atom is -0.347 e. The number of hydrogen-bond acceptors (Lipinski definition) is 2. The second-order valence-corrected chi connectivity index (χ2v) is 10.7. The van der Waals surface area contributed by atoms with Crippen LogP contribution < -0.4 is 21.2 Å². The van der Waals surface area contributed by atoms with Crippen molar-refractivity contribution in [1.29, 1.82) is 0 Å². The molecule has 1 N–H and O–H groups in total. The fourth-order valence-corrected chi connectivity index (χ4v) is 6.14. The lowest BCUT2D eigenvalue weighted by atomic mass is 10.1. The van der Waals surface area contributed by atoms with Gasteiger partial charge in [-0.05, 0) is 39.8 Å². The van der Waals surface area contributed by atoms with Crippen LogP contribution in [0.25, 0.3) is 0 Å². The molecule has 3 rings (SSSR count). The van der Waals surface area contributed by atoms with E-state index in [0.717, 1.165) is 16.2 Å². The molecule has 0 heterocycles. The Morgan fingerprint density at radius 1 is 0.821 bits per heavy atom. The van der Waals surface area contributed by atoms with Gasteiger partial charge < -0.3 is 9.88 Å². The zero-order chi connectivity index (χ0) is 20.4. The second kappa shape index (κ2) is 7.77. The monoisotopic (exact) mass is 391 g/mol. The Kier molecular flexibility index (Phi) is 5.58. The van der Waals surface area contributed by atoms with Gasteiger partial charge in [0.15, 0.2) is 7.14 Å². The van der Waals surface area contributed by atoms with Gasteiger partial charge in [0.2, 0.25) is 0 Å². The van der Waals surface area contributed by atoms with E-state index >= 15 is 0 Å². The fourth-order valence-electron chi connectivity index (χ4n) is 3.21. The lowest BCUT2D eigenvalue weighted by Gasteiger charge is -2.25. The molecule has 0 aliphatic rings. The van der Waals surface area contributed by atoms with Crippen molar-refractivity contribution in [1.82, 2.24) is 5.32 Å². The number of hydrogen-bond donors (Lipinski definition) is 1. The molecule has 3 aromatic rings. The number of aryl methyl sites for hydroxylation is 1. The molecular formula is C24H26NO2P. The summed E-state index contributed by atoms with van der Waals surface area (Å²) >= 11 is 0. The molecule has 0 bridgehead atoms. The van der Waals surface area contributed by atoms with Gasteiger partial charge in [0, 0.05) is 21.5 Å². The molecular weight excluding hydrogens is 365 g/mol. The van der Waals surface area contributed by atoms with Crippen LogP contribution in [0.5, 0.6) is 0 Å². The number of amides is 1. The van der Waals surface area contributed by atoms with Crippen LogP contribution in [0.15, 0.2) is 78.9 Å². The number of nitrogens with one attached hydrogen (secondary N) is 1. The van der Waals surface area contributed by atoms with Crippen LogP contribution in [0.4, 0.5) is 0 Å². The van der Waals surface area contributed by atoms with Gasteiger partial charge in [-0.2, -0.15) is 0 Å². The van der Waals surface area contributed by atoms with Crippen molar-refractivity contribution in [2.24, 2.45) is 0 Å². The Morgan fingerprint density at radius 3 is 1.79 bits per heavy atom. The molecule has 0 saturated heterocycles. The molecule has 0 fully saturated rings. The van der Waals surface area contributed by atoms with E-state index in [1.165, 1.54) is 0 Å². The highest BCUT2D eigenvalue weighted by Crippen LogP contribution is 2.43. The average molecular weight is 391 g/mol. The molecule has 0 aliphatic carbocycles. The van der Waals surface area contributed by atoms with Crippen molar-refractivity contribution in [3.8, 4) is 0 Å². The van der Waals surface area contributed by atoms with Crippen LogP contribution in [0.3, 0.4) is 0 Å². The van der Waals surface area contributed by atoms with Crippen LogP contribution in [-0.4, -0.2) is 11.4 Å². The minimum absolute atomic E-state index is 0.213. The maximum absolute atomic E-state index is 14.7. The first-order valence-electron chi connectivity index (χ1n) is 9.37. The topological polar surface area (TPSA) is 46.2 Å². The van der Waals surface area contributed by atoms with Gasteiger partial charge >= 0.3 is 0 Å². The van der Waals surface area contributed by atoms with Gasteiger partial charge in [-0.25, -0.2) is 0 Å². The average Bonchev–Trinajstić information content (AvgIpc) is 2.67. The summed E-state index contributed by atoms with van der Waals surface area (Å²) in [5.74, 6) is -0.213. The minimum atomic E-state index is -3.22. The smallest absolute Gasteiger partial charge is 0.252 e. The highest BCUT2D eigenvalue weighted by Gasteiger charge is 2.34. The fraction of sp³-hybridized carbons (Fsp3) is 0.208. The zero-order valence-corrected chi connectivity index (χ0v) is 17.7. The molecule has 0 aliphatic heterocycles. The molecule has 0 radical (unpaired) electrons. The van der Waals surface area contributed by atoms with Crippen molar-refractivity contribution in [3.05, 3.63) is 90.0 Å². The Morgan fingerprint density at radius 2 is 1.32 bits per heavy atom. The summed E-state index contributed by atoms with van der Waals surface area (Å²) in [6.07, 6.45) is 0.